The lowest BCUT2D eigenvalue weighted by molar-refractivity contribution is -0.210. The molecule has 0 bridgehead atoms. The van der Waals surface area contributed by atoms with Gasteiger partial charge in [0.1, 0.15) is 0 Å². The molecular weight excluding hydrogens is 276 g/mol. The van der Waals surface area contributed by atoms with Crippen molar-refractivity contribution < 1.29 is 14.2 Å². The number of nitrogens with one attached hydrogen (secondary N) is 1. The quantitative estimate of drug-likeness (QED) is 0.918. The molecule has 1 N–H and O–H groups in total. The maximum Gasteiger partial charge on any atom is 0.173 e. The topological polar surface area (TPSA) is 52.6 Å². The molecule has 2 aliphatic rings. The van der Waals surface area contributed by atoms with Gasteiger partial charge in [0.15, 0.2) is 5.79 Å². The molecule has 0 aliphatic carbocycles. The highest BCUT2D eigenvalue weighted by Gasteiger charge is 2.42. The van der Waals surface area contributed by atoms with Crippen molar-refractivity contribution in [1.82, 2.24) is 10.3 Å². The van der Waals surface area contributed by atoms with Gasteiger partial charge in [-0.15, -0.1) is 11.3 Å². The van der Waals surface area contributed by atoms with Crippen LogP contribution in [0.15, 0.2) is 0 Å². The van der Waals surface area contributed by atoms with E-state index in [1.807, 2.05) is 6.92 Å². The van der Waals surface area contributed by atoms with Crippen LogP contribution in [0.2, 0.25) is 0 Å². The molecule has 1 unspecified atom stereocenters. The molecule has 0 radical (unpaired) electrons. The van der Waals surface area contributed by atoms with Crippen LogP contribution >= 0.6 is 11.3 Å². The van der Waals surface area contributed by atoms with Crippen molar-refractivity contribution >= 4 is 11.3 Å². The lowest BCUT2D eigenvalue weighted by atomic mass is 10.1. The summed E-state index contributed by atoms with van der Waals surface area (Å²) >= 11 is 1.76. The van der Waals surface area contributed by atoms with Crippen LogP contribution in [-0.2, 0) is 20.8 Å². The van der Waals surface area contributed by atoms with Gasteiger partial charge < -0.3 is 19.5 Å². The molecule has 1 aromatic heterocycles. The first-order valence-corrected chi connectivity index (χ1v) is 8.02. The number of aromatic nitrogens is 1. The van der Waals surface area contributed by atoms with Gasteiger partial charge >= 0.3 is 0 Å². The van der Waals surface area contributed by atoms with Gasteiger partial charge in [0.05, 0.1) is 36.6 Å². The van der Waals surface area contributed by atoms with Crippen molar-refractivity contribution in [3.63, 3.8) is 0 Å². The minimum Gasteiger partial charge on any atom is -0.381 e. The molecule has 3 heterocycles. The van der Waals surface area contributed by atoms with E-state index < -0.39 is 0 Å². The molecule has 0 saturated carbocycles. The summed E-state index contributed by atoms with van der Waals surface area (Å²) in [7, 11) is 0. The Morgan fingerprint density at radius 2 is 2.15 bits per heavy atom. The number of rotatable bonds is 4. The van der Waals surface area contributed by atoms with Gasteiger partial charge in [-0.1, -0.05) is 0 Å². The number of aryl methyl sites for hydroxylation is 2. The summed E-state index contributed by atoms with van der Waals surface area (Å²) < 4.78 is 17.3. The molecule has 5 nitrogen and oxygen atoms in total. The number of hydrogen-bond acceptors (Lipinski definition) is 6. The molecule has 3 rings (SSSR count). The maximum atomic E-state index is 6.09. The summed E-state index contributed by atoms with van der Waals surface area (Å²) in [4.78, 5) is 5.75. The molecule has 0 aromatic carbocycles. The second kappa shape index (κ2) is 6.07. The van der Waals surface area contributed by atoms with E-state index in [-0.39, 0.29) is 11.9 Å². The zero-order valence-corrected chi connectivity index (χ0v) is 12.9. The zero-order valence-electron chi connectivity index (χ0n) is 12.1. The van der Waals surface area contributed by atoms with E-state index in [0.717, 1.165) is 49.8 Å². The van der Waals surface area contributed by atoms with Gasteiger partial charge in [-0.2, -0.15) is 0 Å². The average Bonchev–Trinajstić information content (AvgIpc) is 2.95. The first-order chi connectivity index (χ1) is 9.67. The van der Waals surface area contributed by atoms with Crippen LogP contribution in [0.4, 0.5) is 0 Å². The molecule has 112 valence electrons. The SMILES string of the molecule is Cc1nc(C)c(CNCC2COC3(CCOCC3)O2)s1. The predicted octanol–water partition coefficient (Wildman–Crippen LogP) is 1.77. The minimum absolute atomic E-state index is 0.141. The average molecular weight is 298 g/mol. The third kappa shape index (κ3) is 3.20. The summed E-state index contributed by atoms with van der Waals surface area (Å²) in [5.74, 6) is -0.373. The Balaban J connectivity index is 1.44. The van der Waals surface area contributed by atoms with Crippen LogP contribution < -0.4 is 5.32 Å². The largest absolute Gasteiger partial charge is 0.381 e. The molecule has 0 amide bonds. The number of nitrogens with zero attached hydrogens (tertiary/aromatic N) is 1. The third-order valence-electron chi connectivity index (χ3n) is 3.83. The molecular formula is C14H22N2O3S. The van der Waals surface area contributed by atoms with Crippen molar-refractivity contribution in [2.45, 2.75) is 45.1 Å². The third-order valence-corrected chi connectivity index (χ3v) is 4.90. The lowest BCUT2D eigenvalue weighted by Gasteiger charge is -2.31. The van der Waals surface area contributed by atoms with Crippen molar-refractivity contribution in [3.8, 4) is 0 Å². The standard InChI is InChI=1S/C14H22N2O3S/c1-10-13(20-11(2)16-10)8-15-7-12-9-18-14(19-12)3-5-17-6-4-14/h12,15H,3-9H2,1-2H3. The second-order valence-electron chi connectivity index (χ2n) is 5.45. The van der Waals surface area contributed by atoms with Crippen LogP contribution in [0, 0.1) is 13.8 Å². The fourth-order valence-corrected chi connectivity index (χ4v) is 3.65. The maximum absolute atomic E-state index is 6.09. The van der Waals surface area contributed by atoms with E-state index in [4.69, 9.17) is 14.2 Å². The first kappa shape index (κ1) is 14.4. The van der Waals surface area contributed by atoms with E-state index in [2.05, 4.69) is 17.2 Å². The van der Waals surface area contributed by atoms with Crippen molar-refractivity contribution in [1.29, 1.82) is 0 Å². The minimum atomic E-state index is -0.373. The van der Waals surface area contributed by atoms with Crippen LogP contribution in [0.25, 0.3) is 0 Å². The number of ether oxygens (including phenoxy) is 3. The Hall–Kier alpha value is -0.530. The summed E-state index contributed by atoms with van der Waals surface area (Å²) in [6.45, 7) is 7.93. The van der Waals surface area contributed by atoms with Gasteiger partial charge in [-0.3, -0.25) is 0 Å². The Bertz CT molecular complexity index is 457. The molecule has 2 aliphatic heterocycles. The van der Waals surface area contributed by atoms with Gasteiger partial charge in [0.2, 0.25) is 0 Å². The summed E-state index contributed by atoms with van der Waals surface area (Å²) in [6.07, 6.45) is 1.83. The highest BCUT2D eigenvalue weighted by Crippen LogP contribution is 2.33. The normalized spacial score (nSPS) is 25.4. The Kier molecular flexibility index (Phi) is 4.37. The highest BCUT2D eigenvalue weighted by atomic mass is 32.1. The number of thiazole rings is 1. The van der Waals surface area contributed by atoms with Crippen LogP contribution in [-0.4, -0.2) is 43.2 Å². The molecule has 1 aromatic rings. The number of hydrogen-bond donors (Lipinski definition) is 1. The van der Waals surface area contributed by atoms with E-state index >= 15 is 0 Å². The fraction of sp³-hybridized carbons (Fsp3) is 0.786. The molecule has 6 heteroatoms. The van der Waals surface area contributed by atoms with E-state index in [0.29, 0.717) is 6.61 Å². The smallest absolute Gasteiger partial charge is 0.173 e. The zero-order chi connectivity index (χ0) is 14.0. The van der Waals surface area contributed by atoms with Crippen LogP contribution in [0.5, 0.6) is 0 Å². The van der Waals surface area contributed by atoms with Crippen molar-refractivity contribution in [3.05, 3.63) is 15.6 Å². The predicted molar refractivity (Wildman–Crippen MR) is 76.9 cm³/mol. The molecule has 2 fully saturated rings. The monoisotopic (exact) mass is 298 g/mol. The summed E-state index contributed by atoms with van der Waals surface area (Å²) in [6, 6.07) is 0. The van der Waals surface area contributed by atoms with Crippen molar-refractivity contribution in [2.24, 2.45) is 0 Å². The van der Waals surface area contributed by atoms with Gasteiger partial charge in [0.25, 0.3) is 0 Å². The summed E-state index contributed by atoms with van der Waals surface area (Å²) in [5.41, 5.74) is 1.13. The molecule has 1 spiro atoms. The van der Waals surface area contributed by atoms with Crippen LogP contribution in [0.3, 0.4) is 0 Å². The van der Waals surface area contributed by atoms with Gasteiger partial charge in [0, 0.05) is 30.8 Å². The van der Waals surface area contributed by atoms with Gasteiger partial charge in [-0.05, 0) is 13.8 Å². The fourth-order valence-electron chi connectivity index (χ4n) is 2.75. The van der Waals surface area contributed by atoms with Gasteiger partial charge in [-0.25, -0.2) is 4.98 Å². The highest BCUT2D eigenvalue weighted by molar-refractivity contribution is 7.11. The van der Waals surface area contributed by atoms with Crippen LogP contribution in [0.1, 0.15) is 28.4 Å². The summed E-state index contributed by atoms with van der Waals surface area (Å²) in [5, 5.41) is 4.58. The Morgan fingerprint density at radius 3 is 2.85 bits per heavy atom. The van der Waals surface area contributed by atoms with E-state index in [9.17, 15) is 0 Å². The molecule has 1 atom stereocenters. The second-order valence-corrected chi connectivity index (χ2v) is 6.73. The first-order valence-electron chi connectivity index (χ1n) is 7.20. The molecule has 2 saturated heterocycles. The van der Waals surface area contributed by atoms with E-state index in [1.54, 1.807) is 11.3 Å². The lowest BCUT2D eigenvalue weighted by Crippen LogP contribution is -2.39. The Labute approximate surface area is 123 Å². The Morgan fingerprint density at radius 1 is 1.35 bits per heavy atom. The van der Waals surface area contributed by atoms with E-state index in [1.165, 1.54) is 4.88 Å². The van der Waals surface area contributed by atoms with Crippen molar-refractivity contribution in [2.75, 3.05) is 26.4 Å². The molecule has 20 heavy (non-hydrogen) atoms.